The quantitative estimate of drug-likeness (QED) is 0.362. The summed E-state index contributed by atoms with van der Waals surface area (Å²) in [5.41, 5.74) is 3.22. The normalized spacial score (nSPS) is 18.7. The molecular weight excluding hydrogens is 425 g/mol. The minimum Gasteiger partial charge on any atom is -0.348 e. The largest absolute Gasteiger partial charge is 0.348 e. The van der Waals surface area contributed by atoms with E-state index in [1.807, 2.05) is 32.1 Å². The van der Waals surface area contributed by atoms with Crippen molar-refractivity contribution in [1.82, 2.24) is 0 Å². The summed E-state index contributed by atoms with van der Waals surface area (Å²) in [5, 5.41) is 0. The predicted molar refractivity (Wildman–Crippen MR) is 124 cm³/mol. The van der Waals surface area contributed by atoms with Gasteiger partial charge in [0.1, 0.15) is 5.82 Å². The summed E-state index contributed by atoms with van der Waals surface area (Å²) in [6.45, 7) is 4.59. The first kappa shape index (κ1) is 23.3. The molecule has 172 valence electrons. The van der Waals surface area contributed by atoms with Gasteiger partial charge in [-0.15, -0.1) is 0 Å². The van der Waals surface area contributed by atoms with Crippen LogP contribution in [0, 0.1) is 17.5 Å². The van der Waals surface area contributed by atoms with Crippen molar-refractivity contribution in [3.63, 3.8) is 0 Å². The van der Waals surface area contributed by atoms with Crippen LogP contribution in [0.4, 0.5) is 13.2 Å². The van der Waals surface area contributed by atoms with Crippen molar-refractivity contribution in [2.45, 2.75) is 38.9 Å². The van der Waals surface area contributed by atoms with E-state index in [1.165, 1.54) is 6.07 Å². The maximum Gasteiger partial charge on any atom is 0.176 e. The van der Waals surface area contributed by atoms with Crippen LogP contribution in [0.2, 0.25) is 0 Å². The SMILES string of the molecule is CC=CC1OCC(c2ccc(-c3ccc(-c4ccc(CCC)c(F)c4F)cc3)cc2F)CO1. The fraction of sp³-hybridized carbons (Fsp3) is 0.286. The maximum atomic E-state index is 14.9. The minimum absolute atomic E-state index is 0.170. The van der Waals surface area contributed by atoms with Gasteiger partial charge < -0.3 is 9.47 Å². The topological polar surface area (TPSA) is 18.5 Å². The van der Waals surface area contributed by atoms with E-state index in [4.69, 9.17) is 9.47 Å². The third-order valence-electron chi connectivity index (χ3n) is 5.92. The molecule has 5 heteroatoms. The van der Waals surface area contributed by atoms with E-state index >= 15 is 0 Å². The van der Waals surface area contributed by atoms with E-state index in [2.05, 4.69) is 0 Å². The van der Waals surface area contributed by atoms with E-state index in [0.29, 0.717) is 41.9 Å². The number of allylic oxidation sites excluding steroid dienone is 1. The second-order valence-corrected chi connectivity index (χ2v) is 8.22. The van der Waals surface area contributed by atoms with Crippen molar-refractivity contribution in [2.75, 3.05) is 13.2 Å². The van der Waals surface area contributed by atoms with Gasteiger partial charge in [-0.05, 0) is 53.3 Å². The summed E-state index contributed by atoms with van der Waals surface area (Å²) in [5.74, 6) is -2.11. The highest BCUT2D eigenvalue weighted by Crippen LogP contribution is 2.32. The Bertz CT molecular complexity index is 1130. The summed E-state index contributed by atoms with van der Waals surface area (Å²) in [4.78, 5) is 0. The van der Waals surface area contributed by atoms with Crippen LogP contribution >= 0.6 is 0 Å². The molecule has 1 aliphatic rings. The van der Waals surface area contributed by atoms with Gasteiger partial charge in [-0.25, -0.2) is 13.2 Å². The summed E-state index contributed by atoms with van der Waals surface area (Å²) in [7, 11) is 0. The highest BCUT2D eigenvalue weighted by molar-refractivity contribution is 5.71. The van der Waals surface area contributed by atoms with Crippen LogP contribution in [0.5, 0.6) is 0 Å². The number of ether oxygens (including phenoxy) is 2. The molecule has 1 heterocycles. The second-order valence-electron chi connectivity index (χ2n) is 8.22. The van der Waals surface area contributed by atoms with Gasteiger partial charge in [-0.1, -0.05) is 68.0 Å². The van der Waals surface area contributed by atoms with Crippen molar-refractivity contribution in [1.29, 1.82) is 0 Å². The van der Waals surface area contributed by atoms with Gasteiger partial charge in [0.2, 0.25) is 0 Å². The molecule has 0 unspecified atom stereocenters. The zero-order valence-electron chi connectivity index (χ0n) is 18.8. The lowest BCUT2D eigenvalue weighted by atomic mass is 9.94. The molecule has 2 nitrogen and oxygen atoms in total. The molecular formula is C28H27F3O2. The first-order valence-electron chi connectivity index (χ1n) is 11.2. The summed E-state index contributed by atoms with van der Waals surface area (Å²) >= 11 is 0. The molecule has 0 radical (unpaired) electrons. The Labute approximate surface area is 192 Å². The molecule has 0 atom stereocenters. The van der Waals surface area contributed by atoms with Crippen LogP contribution in [0.1, 0.15) is 37.3 Å². The highest BCUT2D eigenvalue weighted by Gasteiger charge is 2.24. The van der Waals surface area contributed by atoms with Crippen LogP contribution in [0.25, 0.3) is 22.3 Å². The Morgan fingerprint density at radius 3 is 2.15 bits per heavy atom. The number of rotatable bonds is 6. The molecule has 1 fully saturated rings. The number of benzene rings is 3. The van der Waals surface area contributed by atoms with Crippen LogP contribution in [0.15, 0.2) is 66.7 Å². The predicted octanol–water partition coefficient (Wildman–Crippen LogP) is 7.42. The van der Waals surface area contributed by atoms with E-state index < -0.39 is 11.6 Å². The van der Waals surface area contributed by atoms with Crippen LogP contribution in [-0.4, -0.2) is 19.5 Å². The standard InChI is InChI=1S/C28H27F3O2/c1-3-5-20-11-14-24(28(31)27(20)30)19-9-7-18(8-10-19)21-12-13-23(25(29)15-21)22-16-32-26(6-4-2)33-17-22/h4,6-15,22,26H,3,5,16-17H2,1-2H3. The van der Waals surface area contributed by atoms with Crippen LogP contribution < -0.4 is 0 Å². The van der Waals surface area contributed by atoms with Crippen LogP contribution in [0.3, 0.4) is 0 Å². The molecule has 0 aliphatic carbocycles. The van der Waals surface area contributed by atoms with Crippen molar-refractivity contribution >= 4 is 0 Å². The van der Waals surface area contributed by atoms with Gasteiger partial charge >= 0.3 is 0 Å². The molecule has 1 aliphatic heterocycles. The molecule has 0 spiro atoms. The van der Waals surface area contributed by atoms with Gasteiger partial charge in [0.15, 0.2) is 17.9 Å². The fourth-order valence-corrected chi connectivity index (χ4v) is 4.12. The number of hydrogen-bond donors (Lipinski definition) is 0. The molecule has 0 amide bonds. The average Bonchev–Trinajstić information content (AvgIpc) is 2.83. The molecule has 0 saturated carbocycles. The van der Waals surface area contributed by atoms with Gasteiger partial charge in [0.05, 0.1) is 13.2 Å². The first-order chi connectivity index (χ1) is 16.0. The number of halogens is 3. The summed E-state index contributed by atoms with van der Waals surface area (Å²) < 4.78 is 55.0. The lowest BCUT2D eigenvalue weighted by Crippen LogP contribution is -2.29. The monoisotopic (exact) mass is 452 g/mol. The van der Waals surface area contributed by atoms with Crippen LogP contribution in [-0.2, 0) is 15.9 Å². The molecule has 33 heavy (non-hydrogen) atoms. The summed E-state index contributed by atoms with van der Waals surface area (Å²) in [6.07, 6.45) is 4.54. The van der Waals surface area contributed by atoms with Gasteiger partial charge in [-0.3, -0.25) is 0 Å². The van der Waals surface area contributed by atoms with E-state index in [1.54, 1.807) is 42.5 Å². The van der Waals surface area contributed by atoms with Crippen molar-refractivity contribution in [3.8, 4) is 22.3 Å². The van der Waals surface area contributed by atoms with Crippen molar-refractivity contribution in [2.24, 2.45) is 0 Å². The van der Waals surface area contributed by atoms with Gasteiger partial charge in [0.25, 0.3) is 0 Å². The maximum absolute atomic E-state index is 14.9. The zero-order valence-corrected chi connectivity index (χ0v) is 18.8. The molecule has 3 aromatic carbocycles. The van der Waals surface area contributed by atoms with E-state index in [0.717, 1.165) is 12.0 Å². The number of hydrogen-bond acceptors (Lipinski definition) is 2. The Balaban J connectivity index is 1.52. The minimum atomic E-state index is -0.835. The van der Waals surface area contributed by atoms with Crippen molar-refractivity contribution in [3.05, 3.63) is 95.3 Å². The molecule has 4 rings (SSSR count). The fourth-order valence-electron chi connectivity index (χ4n) is 4.12. The Hall–Kier alpha value is -2.89. The summed E-state index contributed by atoms with van der Waals surface area (Å²) in [6, 6.07) is 15.4. The molecule has 0 bridgehead atoms. The van der Waals surface area contributed by atoms with Crippen molar-refractivity contribution < 1.29 is 22.6 Å². The molecule has 0 N–H and O–H groups in total. The Kier molecular flexibility index (Phi) is 7.31. The van der Waals surface area contributed by atoms with Gasteiger partial charge in [-0.2, -0.15) is 0 Å². The molecule has 0 aromatic heterocycles. The lowest BCUT2D eigenvalue weighted by molar-refractivity contribution is -0.159. The molecule has 3 aromatic rings. The Morgan fingerprint density at radius 2 is 1.52 bits per heavy atom. The van der Waals surface area contributed by atoms with E-state index in [9.17, 15) is 13.2 Å². The van der Waals surface area contributed by atoms with Gasteiger partial charge in [0, 0.05) is 11.5 Å². The highest BCUT2D eigenvalue weighted by atomic mass is 19.2. The lowest BCUT2D eigenvalue weighted by Gasteiger charge is -2.28. The first-order valence-corrected chi connectivity index (χ1v) is 11.2. The zero-order chi connectivity index (χ0) is 23.4. The second kappa shape index (κ2) is 10.4. The average molecular weight is 453 g/mol. The third kappa shape index (κ3) is 5.05. The third-order valence-corrected chi connectivity index (χ3v) is 5.92. The smallest absolute Gasteiger partial charge is 0.176 e. The number of aryl methyl sites for hydroxylation is 1. The molecule has 1 saturated heterocycles. The van der Waals surface area contributed by atoms with E-state index in [-0.39, 0.29) is 23.6 Å². The Morgan fingerprint density at radius 1 is 0.848 bits per heavy atom.